The maximum atomic E-state index is 11.9. The number of carbonyl (C=O) groups is 3. The van der Waals surface area contributed by atoms with Crippen molar-refractivity contribution in [2.75, 3.05) is 13.2 Å². The van der Waals surface area contributed by atoms with Gasteiger partial charge in [-0.1, -0.05) is 52.3 Å². The number of amides is 2. The van der Waals surface area contributed by atoms with Crippen LogP contribution in [0, 0.1) is 0 Å². The lowest BCUT2D eigenvalue weighted by Gasteiger charge is -2.10. The van der Waals surface area contributed by atoms with Gasteiger partial charge in [0.1, 0.15) is 5.75 Å². The van der Waals surface area contributed by atoms with Crippen LogP contribution in [0.4, 0.5) is 0 Å². The van der Waals surface area contributed by atoms with E-state index in [-0.39, 0.29) is 6.61 Å². The molecule has 2 N–H and O–H groups in total. The van der Waals surface area contributed by atoms with Crippen LogP contribution in [0.1, 0.15) is 10.4 Å². The molecule has 0 aliphatic heterocycles. The lowest BCUT2D eigenvalue weighted by Crippen LogP contribution is -2.43. The van der Waals surface area contributed by atoms with Gasteiger partial charge in [0.15, 0.2) is 13.2 Å². The number of esters is 1. The summed E-state index contributed by atoms with van der Waals surface area (Å²) in [5.41, 5.74) is 4.79. The van der Waals surface area contributed by atoms with Crippen molar-refractivity contribution in [2.45, 2.75) is 0 Å². The third-order valence-corrected chi connectivity index (χ3v) is 4.41. The van der Waals surface area contributed by atoms with Gasteiger partial charge in [-0.15, -0.1) is 0 Å². The van der Waals surface area contributed by atoms with Gasteiger partial charge in [-0.2, -0.15) is 0 Å². The van der Waals surface area contributed by atoms with Crippen LogP contribution >= 0.6 is 15.9 Å². The molecule has 0 radical (unpaired) electrons. The van der Waals surface area contributed by atoms with Crippen molar-refractivity contribution >= 4 is 44.5 Å². The van der Waals surface area contributed by atoms with E-state index in [0.29, 0.717) is 11.3 Å². The fourth-order valence-electron chi connectivity index (χ4n) is 2.48. The molecule has 3 aromatic rings. The molecule has 0 heterocycles. The Morgan fingerprint density at radius 1 is 0.828 bits per heavy atom. The summed E-state index contributed by atoms with van der Waals surface area (Å²) in [6.07, 6.45) is 0. The van der Waals surface area contributed by atoms with Gasteiger partial charge in [-0.05, 0) is 35.7 Å². The highest BCUT2D eigenvalue weighted by molar-refractivity contribution is 9.10. The molecule has 0 aliphatic rings. The molecule has 0 unspecified atom stereocenters. The van der Waals surface area contributed by atoms with E-state index in [2.05, 4.69) is 26.8 Å². The van der Waals surface area contributed by atoms with Crippen LogP contribution < -0.4 is 15.6 Å². The van der Waals surface area contributed by atoms with Crippen molar-refractivity contribution in [2.24, 2.45) is 0 Å². The fraction of sp³-hybridized carbons (Fsp3) is 0.0952. The van der Waals surface area contributed by atoms with Gasteiger partial charge in [-0.25, -0.2) is 4.79 Å². The average Bonchev–Trinajstić information content (AvgIpc) is 2.75. The number of hydrogen-bond donors (Lipinski definition) is 2. The average molecular weight is 457 g/mol. The van der Waals surface area contributed by atoms with Gasteiger partial charge in [0, 0.05) is 15.4 Å². The van der Waals surface area contributed by atoms with E-state index in [1.54, 1.807) is 30.3 Å². The number of benzene rings is 3. The van der Waals surface area contributed by atoms with Crippen LogP contribution in [-0.2, 0) is 14.3 Å². The normalized spacial score (nSPS) is 10.2. The molecule has 0 bridgehead atoms. The van der Waals surface area contributed by atoms with E-state index in [0.717, 1.165) is 15.2 Å². The molecular formula is C21H17BrN2O5. The number of rotatable bonds is 6. The first kappa shape index (κ1) is 20.3. The predicted molar refractivity (Wildman–Crippen MR) is 110 cm³/mol. The monoisotopic (exact) mass is 456 g/mol. The smallest absolute Gasteiger partial charge is 0.344 e. The van der Waals surface area contributed by atoms with Crippen LogP contribution in [0.5, 0.6) is 5.75 Å². The summed E-state index contributed by atoms with van der Waals surface area (Å²) in [5, 5.41) is 1.86. The maximum Gasteiger partial charge on any atom is 0.344 e. The summed E-state index contributed by atoms with van der Waals surface area (Å²) in [6, 6.07) is 19.7. The van der Waals surface area contributed by atoms with Crippen LogP contribution in [0.15, 0.2) is 71.2 Å². The highest BCUT2D eigenvalue weighted by Gasteiger charge is 2.11. The van der Waals surface area contributed by atoms with Crippen molar-refractivity contribution in [1.29, 1.82) is 0 Å². The first-order valence-electron chi connectivity index (χ1n) is 8.64. The fourth-order valence-corrected chi connectivity index (χ4v) is 2.75. The lowest BCUT2D eigenvalue weighted by atomic mass is 10.1. The van der Waals surface area contributed by atoms with Crippen LogP contribution in [0.3, 0.4) is 0 Å². The van der Waals surface area contributed by atoms with Gasteiger partial charge in [0.25, 0.3) is 11.8 Å². The van der Waals surface area contributed by atoms with Crippen molar-refractivity contribution in [3.05, 3.63) is 76.8 Å². The Balaban J connectivity index is 1.41. The zero-order valence-corrected chi connectivity index (χ0v) is 16.8. The van der Waals surface area contributed by atoms with E-state index < -0.39 is 24.4 Å². The summed E-state index contributed by atoms with van der Waals surface area (Å²) in [5.74, 6) is -1.32. The molecule has 0 atom stereocenters. The van der Waals surface area contributed by atoms with Crippen molar-refractivity contribution in [3.63, 3.8) is 0 Å². The molecule has 0 aromatic heterocycles. The number of hydrogen-bond acceptors (Lipinski definition) is 5. The van der Waals surface area contributed by atoms with E-state index in [9.17, 15) is 14.4 Å². The number of fused-ring (bicyclic) bond motifs is 1. The second-order valence-corrected chi connectivity index (χ2v) is 6.85. The van der Waals surface area contributed by atoms with Gasteiger partial charge in [0.2, 0.25) is 0 Å². The SMILES string of the molecule is O=C(COC(=O)COc1cccc2ccccc12)NNC(=O)c1ccc(Br)cc1. The summed E-state index contributed by atoms with van der Waals surface area (Å²) in [7, 11) is 0. The summed E-state index contributed by atoms with van der Waals surface area (Å²) >= 11 is 3.27. The standard InChI is InChI=1S/C21H17BrN2O5/c22-16-10-8-15(9-11-16)21(27)24-23-19(25)12-29-20(26)13-28-18-7-3-5-14-4-1-2-6-17(14)18/h1-11H,12-13H2,(H,23,25)(H,24,27). The number of ether oxygens (including phenoxy) is 2. The topological polar surface area (TPSA) is 93.7 Å². The molecule has 8 heteroatoms. The van der Waals surface area contributed by atoms with Crippen molar-refractivity contribution in [1.82, 2.24) is 10.9 Å². The van der Waals surface area contributed by atoms with Gasteiger partial charge >= 0.3 is 5.97 Å². The molecule has 0 aliphatic carbocycles. The van der Waals surface area contributed by atoms with Crippen LogP contribution in [-0.4, -0.2) is 31.0 Å². The molecule has 0 saturated heterocycles. The van der Waals surface area contributed by atoms with Crippen LogP contribution in [0.25, 0.3) is 10.8 Å². The van der Waals surface area contributed by atoms with Gasteiger partial charge < -0.3 is 9.47 Å². The summed E-state index contributed by atoms with van der Waals surface area (Å²) < 4.78 is 11.2. The Morgan fingerprint density at radius 3 is 2.34 bits per heavy atom. The molecule has 0 saturated carbocycles. The highest BCUT2D eigenvalue weighted by atomic mass is 79.9. The zero-order chi connectivity index (χ0) is 20.6. The lowest BCUT2D eigenvalue weighted by molar-refractivity contribution is -0.150. The van der Waals surface area contributed by atoms with E-state index >= 15 is 0 Å². The third kappa shape index (κ3) is 5.79. The Morgan fingerprint density at radius 2 is 1.55 bits per heavy atom. The molecule has 0 spiro atoms. The molecular weight excluding hydrogens is 440 g/mol. The minimum Gasteiger partial charge on any atom is -0.481 e. The summed E-state index contributed by atoms with van der Waals surface area (Å²) in [4.78, 5) is 35.5. The van der Waals surface area contributed by atoms with Gasteiger partial charge in [0.05, 0.1) is 0 Å². The summed E-state index contributed by atoms with van der Waals surface area (Å²) in [6.45, 7) is -0.884. The Bertz CT molecular complexity index is 1030. The Labute approximate surface area is 175 Å². The van der Waals surface area contributed by atoms with Crippen molar-refractivity contribution < 1.29 is 23.9 Å². The van der Waals surface area contributed by atoms with Crippen molar-refractivity contribution in [3.8, 4) is 5.75 Å². The first-order valence-corrected chi connectivity index (χ1v) is 9.43. The minimum atomic E-state index is -0.702. The molecule has 2 amide bonds. The molecule has 3 aromatic carbocycles. The Kier molecular flexibility index (Phi) is 6.80. The number of nitrogens with one attached hydrogen (secondary N) is 2. The number of carbonyl (C=O) groups excluding carboxylic acids is 3. The molecule has 7 nitrogen and oxygen atoms in total. The molecule has 148 valence electrons. The van der Waals surface area contributed by atoms with E-state index in [1.807, 2.05) is 36.4 Å². The van der Waals surface area contributed by atoms with E-state index in [4.69, 9.17) is 9.47 Å². The number of halogens is 1. The molecule has 29 heavy (non-hydrogen) atoms. The quantitative estimate of drug-likeness (QED) is 0.439. The highest BCUT2D eigenvalue weighted by Crippen LogP contribution is 2.24. The largest absolute Gasteiger partial charge is 0.481 e. The van der Waals surface area contributed by atoms with Gasteiger partial charge in [-0.3, -0.25) is 20.4 Å². The van der Waals surface area contributed by atoms with E-state index in [1.165, 1.54) is 0 Å². The number of hydrazine groups is 1. The molecule has 3 rings (SSSR count). The van der Waals surface area contributed by atoms with Crippen LogP contribution in [0.2, 0.25) is 0 Å². The second kappa shape index (κ2) is 9.70. The Hall–Kier alpha value is -3.39. The second-order valence-electron chi connectivity index (χ2n) is 5.94. The minimum absolute atomic E-state index is 0.341. The third-order valence-electron chi connectivity index (χ3n) is 3.88. The maximum absolute atomic E-state index is 11.9. The first-order chi connectivity index (χ1) is 14.0. The zero-order valence-electron chi connectivity index (χ0n) is 15.2. The predicted octanol–water partition coefficient (Wildman–Crippen LogP) is 2.99. The molecule has 0 fully saturated rings.